The zero-order valence-corrected chi connectivity index (χ0v) is 19.1. The summed E-state index contributed by atoms with van der Waals surface area (Å²) in [5, 5.41) is 42.4. The third-order valence-corrected chi connectivity index (χ3v) is 10.7. The number of carboxylic acid groups (broad SMARTS) is 1. The second-order valence-corrected chi connectivity index (χ2v) is 12.0. The second-order valence-electron chi connectivity index (χ2n) is 12.0. The number of carbonyl (C=O) groups is 1. The van der Waals surface area contributed by atoms with Crippen LogP contribution in [0.25, 0.3) is 0 Å². The van der Waals surface area contributed by atoms with Gasteiger partial charge in [-0.05, 0) is 97.7 Å². The minimum absolute atomic E-state index is 0.0902. The molecule has 0 spiro atoms. The van der Waals surface area contributed by atoms with E-state index >= 15 is 0 Å². The number of rotatable bonds is 4. The third kappa shape index (κ3) is 3.26. The average molecular weight is 423 g/mol. The van der Waals surface area contributed by atoms with Crippen molar-refractivity contribution in [3.63, 3.8) is 0 Å². The molecule has 4 saturated carbocycles. The van der Waals surface area contributed by atoms with E-state index in [2.05, 4.69) is 20.8 Å². The number of aliphatic hydroxyl groups is 3. The van der Waals surface area contributed by atoms with E-state index in [4.69, 9.17) is 0 Å². The number of hydrogen-bond acceptors (Lipinski definition) is 4. The van der Waals surface area contributed by atoms with Crippen molar-refractivity contribution in [3.05, 3.63) is 0 Å². The third-order valence-electron chi connectivity index (χ3n) is 10.7. The van der Waals surface area contributed by atoms with Gasteiger partial charge >= 0.3 is 5.97 Å². The monoisotopic (exact) mass is 422 g/mol. The van der Waals surface area contributed by atoms with Gasteiger partial charge in [-0.25, -0.2) is 0 Å². The van der Waals surface area contributed by atoms with Gasteiger partial charge in [0.1, 0.15) is 0 Å². The smallest absolute Gasteiger partial charge is 0.306 e. The Morgan fingerprint density at radius 3 is 2.37 bits per heavy atom. The van der Waals surface area contributed by atoms with Gasteiger partial charge < -0.3 is 20.4 Å². The summed E-state index contributed by atoms with van der Waals surface area (Å²) < 4.78 is 0. The molecule has 0 saturated heterocycles. The highest BCUT2D eigenvalue weighted by Crippen LogP contribution is 2.68. The SMILES string of the molecule is CC(CC(C)[C@H]1CC[C@H]2[C@@H]3[C@H](O)C[C@@H]4C[C@H](O)CC[C@]4(C)[C@H]3C[C@H](O)[C@]12C)C(=O)O. The molecule has 5 heteroatoms. The zero-order chi connectivity index (χ0) is 22.0. The number of aliphatic hydroxyl groups excluding tert-OH is 3. The van der Waals surface area contributed by atoms with Crippen molar-refractivity contribution >= 4 is 5.97 Å². The summed E-state index contributed by atoms with van der Waals surface area (Å²) in [4.78, 5) is 11.4. The molecule has 4 fully saturated rings. The molecule has 2 unspecified atom stereocenters. The molecular formula is C25H42O5. The Balaban J connectivity index is 1.61. The van der Waals surface area contributed by atoms with Crippen LogP contribution in [0.5, 0.6) is 0 Å². The first kappa shape index (κ1) is 22.5. The molecule has 5 nitrogen and oxygen atoms in total. The lowest BCUT2D eigenvalue weighted by Gasteiger charge is -2.63. The van der Waals surface area contributed by atoms with Gasteiger partial charge in [-0.1, -0.05) is 27.7 Å². The van der Waals surface area contributed by atoms with Gasteiger partial charge in [0.2, 0.25) is 0 Å². The molecule has 0 bridgehead atoms. The van der Waals surface area contributed by atoms with Crippen LogP contribution in [0.1, 0.15) is 79.1 Å². The van der Waals surface area contributed by atoms with E-state index in [0.717, 1.165) is 44.9 Å². The molecule has 4 rings (SSSR count). The molecule has 4 aliphatic carbocycles. The van der Waals surface area contributed by atoms with Crippen LogP contribution in [-0.2, 0) is 4.79 Å². The van der Waals surface area contributed by atoms with Crippen molar-refractivity contribution < 1.29 is 25.2 Å². The molecular weight excluding hydrogens is 380 g/mol. The zero-order valence-electron chi connectivity index (χ0n) is 19.1. The van der Waals surface area contributed by atoms with E-state index in [-0.39, 0.29) is 40.8 Å². The summed E-state index contributed by atoms with van der Waals surface area (Å²) in [6.07, 6.45) is 5.75. The molecule has 0 aromatic carbocycles. The summed E-state index contributed by atoms with van der Waals surface area (Å²) >= 11 is 0. The fourth-order valence-electron chi connectivity index (χ4n) is 8.95. The second kappa shape index (κ2) is 7.74. The van der Waals surface area contributed by atoms with Crippen molar-refractivity contribution in [2.45, 2.75) is 97.4 Å². The van der Waals surface area contributed by atoms with Crippen LogP contribution < -0.4 is 0 Å². The predicted octanol–water partition coefficient (Wildman–Crippen LogP) is 3.69. The van der Waals surface area contributed by atoms with Gasteiger partial charge in [0, 0.05) is 0 Å². The minimum atomic E-state index is -0.744. The predicted molar refractivity (Wildman–Crippen MR) is 115 cm³/mol. The van der Waals surface area contributed by atoms with Crippen molar-refractivity contribution in [2.24, 2.45) is 52.3 Å². The lowest BCUT2D eigenvalue weighted by atomic mass is 9.43. The quantitative estimate of drug-likeness (QED) is 0.554. The summed E-state index contributed by atoms with van der Waals surface area (Å²) in [7, 11) is 0. The van der Waals surface area contributed by atoms with Crippen LogP contribution in [0.2, 0.25) is 0 Å². The van der Waals surface area contributed by atoms with Crippen LogP contribution in [0.15, 0.2) is 0 Å². The van der Waals surface area contributed by atoms with E-state index in [9.17, 15) is 25.2 Å². The Hall–Kier alpha value is -0.650. The van der Waals surface area contributed by atoms with Crippen molar-refractivity contribution in [1.82, 2.24) is 0 Å². The van der Waals surface area contributed by atoms with Crippen molar-refractivity contribution in [3.8, 4) is 0 Å². The summed E-state index contributed by atoms with van der Waals surface area (Å²) in [5.74, 6) is 0.567. The number of aliphatic carboxylic acids is 1. The van der Waals surface area contributed by atoms with Gasteiger partial charge in [0.05, 0.1) is 24.2 Å². The molecule has 0 aliphatic heterocycles. The summed E-state index contributed by atoms with van der Waals surface area (Å²) in [5.41, 5.74) is -0.163. The van der Waals surface area contributed by atoms with Gasteiger partial charge in [-0.3, -0.25) is 4.79 Å². The molecule has 172 valence electrons. The maximum Gasteiger partial charge on any atom is 0.306 e. The molecule has 12 atom stereocenters. The maximum absolute atomic E-state index is 11.5. The number of fused-ring (bicyclic) bond motifs is 5. The van der Waals surface area contributed by atoms with Gasteiger partial charge in [-0.15, -0.1) is 0 Å². The Bertz CT molecular complexity index is 666. The van der Waals surface area contributed by atoms with Crippen LogP contribution in [-0.4, -0.2) is 44.7 Å². The first-order chi connectivity index (χ1) is 14.0. The van der Waals surface area contributed by atoms with Crippen LogP contribution in [0.4, 0.5) is 0 Å². The first-order valence-electron chi connectivity index (χ1n) is 12.3. The summed E-state index contributed by atoms with van der Waals surface area (Å²) in [6, 6.07) is 0. The molecule has 0 radical (unpaired) electrons. The van der Waals surface area contributed by atoms with Crippen LogP contribution in [0, 0.1) is 52.3 Å². The highest BCUT2D eigenvalue weighted by atomic mass is 16.4. The first-order valence-corrected chi connectivity index (χ1v) is 12.3. The van der Waals surface area contributed by atoms with E-state index < -0.39 is 12.1 Å². The molecule has 4 N–H and O–H groups in total. The van der Waals surface area contributed by atoms with E-state index in [0.29, 0.717) is 30.1 Å². The molecule has 0 aromatic heterocycles. The molecule has 30 heavy (non-hydrogen) atoms. The lowest BCUT2D eigenvalue weighted by Crippen LogP contribution is -2.62. The fourth-order valence-corrected chi connectivity index (χ4v) is 8.95. The van der Waals surface area contributed by atoms with E-state index in [1.807, 2.05) is 0 Å². The van der Waals surface area contributed by atoms with E-state index in [1.54, 1.807) is 6.92 Å². The van der Waals surface area contributed by atoms with E-state index in [1.165, 1.54) is 0 Å². The largest absolute Gasteiger partial charge is 0.481 e. The minimum Gasteiger partial charge on any atom is -0.481 e. The highest BCUT2D eigenvalue weighted by molar-refractivity contribution is 5.69. The lowest BCUT2D eigenvalue weighted by molar-refractivity contribution is -0.207. The van der Waals surface area contributed by atoms with Crippen molar-refractivity contribution in [1.29, 1.82) is 0 Å². The maximum atomic E-state index is 11.5. The van der Waals surface area contributed by atoms with Gasteiger partial charge in [-0.2, -0.15) is 0 Å². The number of carboxylic acids is 1. The Labute approximate surface area is 181 Å². The Morgan fingerprint density at radius 1 is 1.00 bits per heavy atom. The van der Waals surface area contributed by atoms with Gasteiger partial charge in [0.25, 0.3) is 0 Å². The van der Waals surface area contributed by atoms with Crippen molar-refractivity contribution in [2.75, 3.05) is 0 Å². The Kier molecular flexibility index (Phi) is 5.81. The molecule has 0 amide bonds. The standard InChI is InChI=1S/C25H42O5/c1-13(9-14(2)23(29)30)17-5-6-18-22-19(12-21(28)25(17,18)4)24(3)8-7-16(26)10-15(24)11-20(22)27/h13-22,26-28H,5-12H2,1-4H3,(H,29,30)/t13?,14?,15-,16+,17+,18-,19-,20+,21-,22-,24-,25+/m0/s1. The van der Waals surface area contributed by atoms with Crippen LogP contribution >= 0.6 is 0 Å². The van der Waals surface area contributed by atoms with Gasteiger partial charge in [0.15, 0.2) is 0 Å². The summed E-state index contributed by atoms with van der Waals surface area (Å²) in [6.45, 7) is 8.52. The normalized spacial score (nSPS) is 52.6. The Morgan fingerprint density at radius 2 is 1.70 bits per heavy atom. The molecule has 0 heterocycles. The number of hydrogen-bond donors (Lipinski definition) is 4. The fraction of sp³-hybridized carbons (Fsp3) is 0.960. The molecule has 4 aliphatic rings. The van der Waals surface area contributed by atoms with Crippen LogP contribution in [0.3, 0.4) is 0 Å². The molecule has 0 aromatic rings. The topological polar surface area (TPSA) is 98.0 Å². The highest BCUT2D eigenvalue weighted by Gasteiger charge is 2.65. The average Bonchev–Trinajstić information content (AvgIpc) is 3.02.